The smallest absolute Gasteiger partial charge is 0.229 e. The molecule has 1 aliphatic rings. The average molecular weight is 365 g/mol. The molecule has 0 bridgehead atoms. The Hall–Kier alpha value is -1.86. The number of phenolic OH excluding ortho intramolecular Hbond substituents is 1. The molecule has 1 unspecified atom stereocenters. The first-order valence-corrected chi connectivity index (χ1v) is 7.94. The molecular formula is C15H17BrN4O2. The number of aromatic nitrogens is 2. The molecule has 6 nitrogen and oxygen atoms in total. The molecule has 3 N–H and O–H groups in total. The minimum Gasteiger partial charge on any atom is -0.508 e. The number of hydrogen-bond donors (Lipinski definition) is 3. The molecule has 2 heterocycles. The van der Waals surface area contributed by atoms with E-state index in [1.807, 2.05) is 0 Å². The zero-order valence-electron chi connectivity index (χ0n) is 11.9. The summed E-state index contributed by atoms with van der Waals surface area (Å²) in [5.74, 6) is 1.44. The number of nitrogens with zero attached hydrogens (tertiary/aromatic N) is 2. The molecule has 1 fully saturated rings. The molecule has 22 heavy (non-hydrogen) atoms. The molecule has 116 valence electrons. The maximum Gasteiger partial charge on any atom is 0.229 e. The summed E-state index contributed by atoms with van der Waals surface area (Å²) in [4.78, 5) is 8.69. The highest BCUT2D eigenvalue weighted by molar-refractivity contribution is 9.10. The fourth-order valence-electron chi connectivity index (χ4n) is 2.24. The SMILES string of the molecule is Oc1ccc(Nc2ncc(Br)c(NCC3CCCO3)n2)cc1. The Morgan fingerprint density at radius 2 is 2.14 bits per heavy atom. The third kappa shape index (κ3) is 3.86. The molecule has 0 amide bonds. The van der Waals surface area contributed by atoms with Gasteiger partial charge in [0.05, 0.1) is 10.6 Å². The third-order valence-corrected chi connectivity index (χ3v) is 3.97. The number of anilines is 3. The van der Waals surface area contributed by atoms with Gasteiger partial charge in [0.25, 0.3) is 0 Å². The summed E-state index contributed by atoms with van der Waals surface area (Å²) in [7, 11) is 0. The van der Waals surface area contributed by atoms with Gasteiger partial charge >= 0.3 is 0 Å². The molecular weight excluding hydrogens is 348 g/mol. The monoisotopic (exact) mass is 364 g/mol. The zero-order valence-corrected chi connectivity index (χ0v) is 13.5. The summed E-state index contributed by atoms with van der Waals surface area (Å²) < 4.78 is 6.40. The van der Waals surface area contributed by atoms with E-state index in [-0.39, 0.29) is 11.9 Å². The van der Waals surface area contributed by atoms with Crippen molar-refractivity contribution in [2.24, 2.45) is 0 Å². The Morgan fingerprint density at radius 1 is 1.32 bits per heavy atom. The lowest BCUT2D eigenvalue weighted by Crippen LogP contribution is -2.19. The van der Waals surface area contributed by atoms with Crippen molar-refractivity contribution in [1.82, 2.24) is 9.97 Å². The number of ether oxygens (including phenoxy) is 1. The van der Waals surface area contributed by atoms with E-state index in [1.54, 1.807) is 30.5 Å². The van der Waals surface area contributed by atoms with Gasteiger partial charge in [-0.3, -0.25) is 0 Å². The number of benzene rings is 1. The van der Waals surface area contributed by atoms with Crippen LogP contribution in [0.5, 0.6) is 5.75 Å². The van der Waals surface area contributed by atoms with Gasteiger partial charge in [-0.25, -0.2) is 4.98 Å². The number of aromatic hydroxyl groups is 1. The second-order valence-corrected chi connectivity index (χ2v) is 5.93. The van der Waals surface area contributed by atoms with E-state index < -0.39 is 0 Å². The lowest BCUT2D eigenvalue weighted by atomic mass is 10.2. The maximum atomic E-state index is 9.29. The van der Waals surface area contributed by atoms with Gasteiger partial charge in [-0.1, -0.05) is 0 Å². The van der Waals surface area contributed by atoms with Gasteiger partial charge in [-0.15, -0.1) is 0 Å². The maximum absolute atomic E-state index is 9.29. The highest BCUT2D eigenvalue weighted by Gasteiger charge is 2.16. The second kappa shape index (κ2) is 6.93. The van der Waals surface area contributed by atoms with Crippen LogP contribution in [0.4, 0.5) is 17.5 Å². The van der Waals surface area contributed by atoms with Crippen LogP contribution in [0, 0.1) is 0 Å². The molecule has 0 aliphatic carbocycles. The Labute approximate surface area is 137 Å². The van der Waals surface area contributed by atoms with Crippen molar-refractivity contribution in [2.75, 3.05) is 23.8 Å². The largest absolute Gasteiger partial charge is 0.508 e. The lowest BCUT2D eigenvalue weighted by Gasteiger charge is -2.13. The predicted molar refractivity (Wildman–Crippen MR) is 88.6 cm³/mol. The molecule has 2 aromatic rings. The van der Waals surface area contributed by atoms with E-state index in [1.165, 1.54) is 0 Å². The topological polar surface area (TPSA) is 79.3 Å². The fraction of sp³-hybridized carbons (Fsp3) is 0.333. The first-order valence-electron chi connectivity index (χ1n) is 7.15. The predicted octanol–water partition coefficient (Wildman–Crippen LogP) is 3.28. The number of halogens is 1. The first kappa shape index (κ1) is 15.1. The van der Waals surface area contributed by atoms with E-state index in [0.717, 1.165) is 42.0 Å². The van der Waals surface area contributed by atoms with E-state index >= 15 is 0 Å². The van der Waals surface area contributed by atoms with Gasteiger partial charge in [0, 0.05) is 25.0 Å². The lowest BCUT2D eigenvalue weighted by molar-refractivity contribution is 0.120. The van der Waals surface area contributed by atoms with Crippen LogP contribution in [-0.2, 0) is 4.74 Å². The van der Waals surface area contributed by atoms with E-state index in [9.17, 15) is 5.11 Å². The van der Waals surface area contributed by atoms with Crippen LogP contribution in [-0.4, -0.2) is 34.3 Å². The summed E-state index contributed by atoms with van der Waals surface area (Å²) >= 11 is 3.45. The van der Waals surface area contributed by atoms with Crippen molar-refractivity contribution < 1.29 is 9.84 Å². The average Bonchev–Trinajstić information content (AvgIpc) is 3.03. The summed E-state index contributed by atoms with van der Waals surface area (Å²) in [5, 5.41) is 15.7. The molecule has 0 spiro atoms. The van der Waals surface area contributed by atoms with Crippen LogP contribution in [0.25, 0.3) is 0 Å². The van der Waals surface area contributed by atoms with Gasteiger partial charge in [-0.2, -0.15) is 4.98 Å². The van der Waals surface area contributed by atoms with Gasteiger partial charge in [0.1, 0.15) is 11.6 Å². The van der Waals surface area contributed by atoms with Crippen molar-refractivity contribution in [3.8, 4) is 5.75 Å². The quantitative estimate of drug-likeness (QED) is 0.706. The summed E-state index contributed by atoms with van der Waals surface area (Å²) in [5.41, 5.74) is 0.810. The van der Waals surface area contributed by atoms with Crippen LogP contribution >= 0.6 is 15.9 Å². The Bertz CT molecular complexity index is 630. The van der Waals surface area contributed by atoms with Gasteiger partial charge < -0.3 is 20.5 Å². The Kier molecular flexibility index (Phi) is 4.74. The summed E-state index contributed by atoms with van der Waals surface area (Å²) in [6.45, 7) is 1.57. The number of phenols is 1. The Balaban J connectivity index is 1.67. The zero-order chi connectivity index (χ0) is 15.4. The molecule has 0 radical (unpaired) electrons. The van der Waals surface area contributed by atoms with E-state index in [2.05, 4.69) is 36.5 Å². The van der Waals surface area contributed by atoms with Crippen molar-refractivity contribution in [3.05, 3.63) is 34.9 Å². The molecule has 7 heteroatoms. The molecule has 3 rings (SSSR count). The third-order valence-electron chi connectivity index (χ3n) is 3.39. The summed E-state index contributed by atoms with van der Waals surface area (Å²) in [6, 6.07) is 6.75. The summed E-state index contributed by atoms with van der Waals surface area (Å²) in [6.07, 6.45) is 4.14. The normalized spacial score (nSPS) is 17.4. The van der Waals surface area contributed by atoms with Crippen molar-refractivity contribution >= 4 is 33.4 Å². The van der Waals surface area contributed by atoms with Gasteiger partial charge in [0.15, 0.2) is 0 Å². The van der Waals surface area contributed by atoms with Crippen molar-refractivity contribution in [1.29, 1.82) is 0 Å². The standard InChI is InChI=1S/C15H17BrN4O2/c16-13-9-18-15(19-10-3-5-11(21)6-4-10)20-14(13)17-8-12-2-1-7-22-12/h3-6,9,12,21H,1-2,7-8H2,(H2,17,18,19,20). The Morgan fingerprint density at radius 3 is 2.86 bits per heavy atom. The fourth-order valence-corrected chi connectivity index (χ4v) is 2.57. The van der Waals surface area contributed by atoms with E-state index in [0.29, 0.717) is 5.95 Å². The van der Waals surface area contributed by atoms with Crippen LogP contribution in [0.3, 0.4) is 0 Å². The highest BCUT2D eigenvalue weighted by Crippen LogP contribution is 2.23. The van der Waals surface area contributed by atoms with Crippen molar-refractivity contribution in [3.63, 3.8) is 0 Å². The highest BCUT2D eigenvalue weighted by atomic mass is 79.9. The molecule has 1 aliphatic heterocycles. The molecule has 1 saturated heterocycles. The van der Waals surface area contributed by atoms with Crippen molar-refractivity contribution in [2.45, 2.75) is 18.9 Å². The number of rotatable bonds is 5. The molecule has 0 saturated carbocycles. The minimum absolute atomic E-state index is 0.223. The molecule has 1 atom stereocenters. The number of hydrogen-bond acceptors (Lipinski definition) is 6. The minimum atomic E-state index is 0.223. The van der Waals surface area contributed by atoms with Crippen LogP contribution in [0.15, 0.2) is 34.9 Å². The van der Waals surface area contributed by atoms with Gasteiger partial charge in [-0.05, 0) is 53.0 Å². The number of nitrogens with one attached hydrogen (secondary N) is 2. The van der Waals surface area contributed by atoms with Gasteiger partial charge in [0.2, 0.25) is 5.95 Å². The van der Waals surface area contributed by atoms with Crippen LogP contribution in [0.1, 0.15) is 12.8 Å². The molecule has 1 aromatic heterocycles. The van der Waals surface area contributed by atoms with Crippen LogP contribution in [0.2, 0.25) is 0 Å². The second-order valence-electron chi connectivity index (χ2n) is 5.08. The van der Waals surface area contributed by atoms with E-state index in [4.69, 9.17) is 4.74 Å². The first-order chi connectivity index (χ1) is 10.7. The molecule has 1 aromatic carbocycles. The van der Waals surface area contributed by atoms with Crippen LogP contribution < -0.4 is 10.6 Å².